The molecule has 0 spiro atoms. The number of aromatic nitrogens is 5. The lowest BCUT2D eigenvalue weighted by Crippen LogP contribution is -2.40. The van der Waals surface area contributed by atoms with E-state index in [-0.39, 0.29) is 23.6 Å². The summed E-state index contributed by atoms with van der Waals surface area (Å²) in [6, 6.07) is 5.07. The third kappa shape index (κ3) is 3.97. The number of carbonyl (C=O) groups excluding carboxylic acids is 1. The number of nitrogens with one attached hydrogen (secondary N) is 2. The topological polar surface area (TPSA) is 88.6 Å². The molecule has 0 radical (unpaired) electrons. The summed E-state index contributed by atoms with van der Waals surface area (Å²) in [5.41, 5.74) is 0.269. The number of alkyl halides is 3. The van der Waals surface area contributed by atoms with Crippen molar-refractivity contribution in [2.24, 2.45) is 0 Å². The van der Waals surface area contributed by atoms with E-state index in [1.165, 1.54) is 4.40 Å². The van der Waals surface area contributed by atoms with Crippen LogP contribution in [0.4, 0.5) is 19.0 Å². The van der Waals surface area contributed by atoms with Crippen LogP contribution in [0.2, 0.25) is 0 Å². The van der Waals surface area contributed by atoms with Crippen LogP contribution in [0.1, 0.15) is 41.9 Å². The van der Waals surface area contributed by atoms with Crippen molar-refractivity contribution in [1.29, 1.82) is 0 Å². The van der Waals surface area contributed by atoms with Gasteiger partial charge in [0.25, 0.3) is 5.91 Å². The molecule has 0 unspecified atom stereocenters. The molecule has 1 aliphatic rings. The summed E-state index contributed by atoms with van der Waals surface area (Å²) < 4.78 is 42.2. The summed E-state index contributed by atoms with van der Waals surface area (Å²) in [6.45, 7) is 0. The van der Waals surface area contributed by atoms with E-state index in [4.69, 9.17) is 0 Å². The standard InChI is InChI=1S/C21H20F3N7O/c22-21(23,24)16-12-31-17(2-1-3-18(31)29-16)26-13-4-6-14(7-5-13)27-20(32)15-11-30-9-8-25-10-19(30)28-15/h1-3,8-14,26H,4-7H2,(H,27,32). The fraction of sp³-hybridized carbons (Fsp3) is 0.333. The maximum absolute atomic E-state index is 13.0. The Hall–Kier alpha value is -3.63. The summed E-state index contributed by atoms with van der Waals surface area (Å²) in [5, 5.41) is 6.36. The molecule has 166 valence electrons. The van der Waals surface area contributed by atoms with E-state index in [1.54, 1.807) is 47.4 Å². The second-order valence-corrected chi connectivity index (χ2v) is 7.90. The second kappa shape index (κ2) is 7.81. The van der Waals surface area contributed by atoms with Gasteiger partial charge in [0.15, 0.2) is 11.3 Å². The minimum Gasteiger partial charge on any atom is -0.368 e. The van der Waals surface area contributed by atoms with Gasteiger partial charge < -0.3 is 15.0 Å². The number of pyridine rings is 1. The second-order valence-electron chi connectivity index (χ2n) is 7.90. The van der Waals surface area contributed by atoms with Crippen molar-refractivity contribution < 1.29 is 18.0 Å². The molecular weight excluding hydrogens is 423 g/mol. The van der Waals surface area contributed by atoms with E-state index in [9.17, 15) is 18.0 Å². The van der Waals surface area contributed by atoms with Crippen molar-refractivity contribution in [2.45, 2.75) is 43.9 Å². The minimum absolute atomic E-state index is 0.0179. The maximum atomic E-state index is 13.0. The molecule has 1 aliphatic carbocycles. The van der Waals surface area contributed by atoms with Crippen LogP contribution in [0, 0.1) is 0 Å². The molecule has 0 saturated heterocycles. The van der Waals surface area contributed by atoms with Crippen LogP contribution >= 0.6 is 0 Å². The average Bonchev–Trinajstić information content (AvgIpc) is 3.40. The quantitative estimate of drug-likeness (QED) is 0.504. The zero-order chi connectivity index (χ0) is 22.3. The summed E-state index contributed by atoms with van der Waals surface area (Å²) in [6.07, 6.45) is 6.19. The largest absolute Gasteiger partial charge is 0.434 e. The number of imidazole rings is 2. The molecule has 5 rings (SSSR count). The van der Waals surface area contributed by atoms with E-state index < -0.39 is 11.9 Å². The smallest absolute Gasteiger partial charge is 0.368 e. The molecule has 11 heteroatoms. The Morgan fingerprint density at radius 1 is 1.03 bits per heavy atom. The van der Waals surface area contributed by atoms with E-state index in [1.807, 2.05) is 0 Å². The lowest BCUT2D eigenvalue weighted by molar-refractivity contribution is -0.140. The van der Waals surface area contributed by atoms with Crippen molar-refractivity contribution in [3.8, 4) is 0 Å². The number of nitrogens with zero attached hydrogens (tertiary/aromatic N) is 5. The lowest BCUT2D eigenvalue weighted by atomic mass is 9.91. The number of carbonyl (C=O) groups is 1. The van der Waals surface area contributed by atoms with Crippen molar-refractivity contribution >= 4 is 23.0 Å². The zero-order valence-corrected chi connectivity index (χ0v) is 16.9. The average molecular weight is 443 g/mol. The Morgan fingerprint density at radius 2 is 1.81 bits per heavy atom. The summed E-state index contributed by atoms with van der Waals surface area (Å²) in [7, 11) is 0. The molecule has 0 aliphatic heterocycles. The Kier molecular flexibility index (Phi) is 4.95. The van der Waals surface area contributed by atoms with Gasteiger partial charge in [-0.25, -0.2) is 9.97 Å². The van der Waals surface area contributed by atoms with Gasteiger partial charge in [-0.05, 0) is 37.8 Å². The first-order valence-corrected chi connectivity index (χ1v) is 10.3. The number of halogens is 3. The number of fused-ring (bicyclic) bond motifs is 2. The van der Waals surface area contributed by atoms with E-state index in [0.717, 1.165) is 31.9 Å². The van der Waals surface area contributed by atoms with Gasteiger partial charge in [0.2, 0.25) is 0 Å². The highest BCUT2D eigenvalue weighted by Gasteiger charge is 2.34. The van der Waals surface area contributed by atoms with Gasteiger partial charge in [-0.1, -0.05) is 6.07 Å². The number of anilines is 1. The molecule has 0 aromatic carbocycles. The fourth-order valence-electron chi connectivity index (χ4n) is 4.07. The van der Waals surface area contributed by atoms with Crippen LogP contribution in [-0.2, 0) is 6.18 Å². The maximum Gasteiger partial charge on any atom is 0.434 e. The Bertz CT molecular complexity index is 1240. The molecule has 4 aromatic rings. The number of hydrogen-bond acceptors (Lipinski definition) is 5. The summed E-state index contributed by atoms with van der Waals surface area (Å²) in [4.78, 5) is 24.5. The predicted octanol–water partition coefficient (Wildman–Crippen LogP) is 3.55. The number of amides is 1. The van der Waals surface area contributed by atoms with Crippen LogP contribution in [0.15, 0.2) is 49.2 Å². The van der Waals surface area contributed by atoms with Gasteiger partial charge >= 0.3 is 6.18 Å². The van der Waals surface area contributed by atoms with E-state index in [2.05, 4.69) is 25.6 Å². The van der Waals surface area contributed by atoms with Crippen LogP contribution < -0.4 is 10.6 Å². The summed E-state index contributed by atoms with van der Waals surface area (Å²) >= 11 is 0. The van der Waals surface area contributed by atoms with Crippen molar-refractivity contribution in [2.75, 3.05) is 5.32 Å². The first kappa shape index (κ1) is 20.3. The molecule has 32 heavy (non-hydrogen) atoms. The van der Waals surface area contributed by atoms with Crippen LogP contribution in [0.25, 0.3) is 11.3 Å². The molecule has 1 amide bonds. The molecule has 1 fully saturated rings. The van der Waals surface area contributed by atoms with Crippen molar-refractivity contribution in [1.82, 2.24) is 29.1 Å². The van der Waals surface area contributed by atoms with E-state index in [0.29, 0.717) is 17.2 Å². The monoisotopic (exact) mass is 443 g/mol. The Labute approximate surface area is 180 Å². The molecule has 0 bridgehead atoms. The molecule has 0 atom stereocenters. The molecule has 4 heterocycles. The lowest BCUT2D eigenvalue weighted by Gasteiger charge is -2.30. The molecular formula is C21H20F3N7O. The third-order valence-corrected chi connectivity index (χ3v) is 5.69. The highest BCUT2D eigenvalue weighted by molar-refractivity contribution is 5.93. The van der Waals surface area contributed by atoms with E-state index >= 15 is 0 Å². The van der Waals surface area contributed by atoms with Crippen LogP contribution in [-0.4, -0.2) is 41.7 Å². The molecule has 4 aromatic heterocycles. The van der Waals surface area contributed by atoms with Gasteiger partial charge in [-0.2, -0.15) is 13.2 Å². The van der Waals surface area contributed by atoms with Gasteiger partial charge in [-0.3, -0.25) is 14.2 Å². The van der Waals surface area contributed by atoms with Gasteiger partial charge in [-0.15, -0.1) is 0 Å². The molecule has 8 nitrogen and oxygen atoms in total. The zero-order valence-electron chi connectivity index (χ0n) is 16.9. The van der Waals surface area contributed by atoms with Crippen LogP contribution in [0.5, 0.6) is 0 Å². The van der Waals surface area contributed by atoms with Gasteiger partial charge in [0.1, 0.15) is 17.2 Å². The van der Waals surface area contributed by atoms with Gasteiger partial charge in [0.05, 0.1) is 6.20 Å². The highest BCUT2D eigenvalue weighted by atomic mass is 19.4. The van der Waals surface area contributed by atoms with Crippen LogP contribution in [0.3, 0.4) is 0 Å². The SMILES string of the molecule is O=C(NC1CCC(Nc2cccc3nc(C(F)(F)F)cn23)CC1)c1cn2ccncc2n1. The van der Waals surface area contributed by atoms with Crippen molar-refractivity contribution in [3.05, 3.63) is 60.6 Å². The normalized spacial score (nSPS) is 19.3. The Balaban J connectivity index is 1.21. The Morgan fingerprint density at radius 3 is 2.56 bits per heavy atom. The summed E-state index contributed by atoms with van der Waals surface area (Å²) in [5.74, 6) is 0.337. The number of rotatable bonds is 4. The first-order chi connectivity index (χ1) is 15.4. The number of hydrogen-bond donors (Lipinski definition) is 2. The third-order valence-electron chi connectivity index (χ3n) is 5.69. The highest BCUT2D eigenvalue weighted by Crippen LogP contribution is 2.30. The molecule has 2 N–H and O–H groups in total. The van der Waals surface area contributed by atoms with Gasteiger partial charge in [0, 0.05) is 36.9 Å². The first-order valence-electron chi connectivity index (χ1n) is 10.3. The van der Waals surface area contributed by atoms with Crippen molar-refractivity contribution in [3.63, 3.8) is 0 Å². The minimum atomic E-state index is -4.49. The molecule has 1 saturated carbocycles. The fourth-order valence-corrected chi connectivity index (χ4v) is 4.07. The predicted molar refractivity (Wildman–Crippen MR) is 110 cm³/mol.